The summed E-state index contributed by atoms with van der Waals surface area (Å²) in [5.41, 5.74) is 0.498. The Balaban J connectivity index is 1.97. The number of halogens is 1. The average molecular weight is 436 g/mol. The van der Waals surface area contributed by atoms with Gasteiger partial charge in [0.25, 0.3) is 0 Å². The summed E-state index contributed by atoms with van der Waals surface area (Å²) in [7, 11) is -1.98. The minimum atomic E-state index is -3.79. The van der Waals surface area contributed by atoms with Gasteiger partial charge >= 0.3 is 0 Å². The number of thiocarbonyl (C=S) groups is 1. The maximum absolute atomic E-state index is 13.2. The van der Waals surface area contributed by atoms with Crippen LogP contribution in [0.2, 0.25) is 0 Å². The lowest BCUT2D eigenvalue weighted by Crippen LogP contribution is -2.55. The molecule has 156 valence electrons. The number of rotatable bonds is 6. The Kier molecular flexibility index (Phi) is 6.65. The number of benzene rings is 1. The molecule has 0 amide bonds. The third kappa shape index (κ3) is 4.34. The molecule has 1 fully saturated rings. The number of hydrogen-bond donors (Lipinski definition) is 2. The maximum atomic E-state index is 13.2. The predicted molar refractivity (Wildman–Crippen MR) is 116 cm³/mol. The summed E-state index contributed by atoms with van der Waals surface area (Å²) < 4.78 is 41.8. The van der Waals surface area contributed by atoms with Gasteiger partial charge in [-0.05, 0) is 61.6 Å². The van der Waals surface area contributed by atoms with Gasteiger partial charge in [-0.1, -0.05) is 31.1 Å². The lowest BCUT2D eigenvalue weighted by atomic mass is 9.60. The van der Waals surface area contributed by atoms with Crippen LogP contribution in [-0.4, -0.2) is 31.5 Å². The highest BCUT2D eigenvalue weighted by Gasteiger charge is 2.48. The number of sulfonamides is 1. The Hall–Kier alpha value is -1.90. The second kappa shape index (κ2) is 8.85. The smallest absolute Gasteiger partial charge is 0.240 e. The van der Waals surface area contributed by atoms with Crippen molar-refractivity contribution in [1.82, 2.24) is 15.0 Å². The van der Waals surface area contributed by atoms with Crippen LogP contribution < -0.4 is 10.0 Å². The Morgan fingerprint density at radius 2 is 2.00 bits per heavy atom. The first-order chi connectivity index (χ1) is 13.8. The molecule has 1 saturated carbocycles. The quantitative estimate of drug-likeness (QED) is 0.679. The van der Waals surface area contributed by atoms with E-state index in [1.807, 2.05) is 25.3 Å². The number of hydrogen-bond acceptors (Lipinski definition) is 4. The van der Waals surface area contributed by atoms with Crippen LogP contribution in [0.5, 0.6) is 0 Å². The number of likely N-dealkylation sites (N-methyl/N-ethyl adjacent to an activating group) is 1. The van der Waals surface area contributed by atoms with E-state index in [0.717, 1.165) is 43.4 Å². The lowest BCUT2D eigenvalue weighted by molar-refractivity contribution is 0.213. The number of nitrogens with one attached hydrogen (secondary N) is 2. The van der Waals surface area contributed by atoms with Crippen molar-refractivity contribution in [2.75, 3.05) is 7.05 Å². The Morgan fingerprint density at radius 1 is 1.28 bits per heavy atom. The van der Waals surface area contributed by atoms with Gasteiger partial charge in [0.2, 0.25) is 10.0 Å². The molecule has 3 rings (SSSR count). The molecule has 2 aromatic rings. The number of nitrogens with zero attached hydrogens (tertiary/aromatic N) is 1. The van der Waals surface area contributed by atoms with E-state index < -0.39 is 21.3 Å². The van der Waals surface area contributed by atoms with Crippen LogP contribution >= 0.6 is 12.2 Å². The monoisotopic (exact) mass is 435 g/mol. The Labute approximate surface area is 177 Å². The molecule has 0 spiro atoms. The fraction of sp³-hybridized carbons (Fsp3) is 0.429. The zero-order valence-corrected chi connectivity index (χ0v) is 18.2. The first kappa shape index (κ1) is 21.8. The highest BCUT2D eigenvalue weighted by molar-refractivity contribution is 7.89. The van der Waals surface area contributed by atoms with Crippen LogP contribution in [0.3, 0.4) is 0 Å². The Bertz CT molecular complexity index is 952. The van der Waals surface area contributed by atoms with Crippen LogP contribution in [0.1, 0.15) is 38.2 Å². The van der Waals surface area contributed by atoms with E-state index in [4.69, 9.17) is 12.2 Å². The first-order valence-corrected chi connectivity index (χ1v) is 11.6. The summed E-state index contributed by atoms with van der Waals surface area (Å²) in [6.45, 7) is 1.88. The third-order valence-electron chi connectivity index (χ3n) is 5.85. The molecule has 1 heterocycles. The average Bonchev–Trinajstić information content (AvgIpc) is 2.73. The summed E-state index contributed by atoms with van der Waals surface area (Å²) >= 11 is 5.76. The number of aromatic nitrogens is 1. The zero-order chi connectivity index (χ0) is 21.1. The third-order valence-corrected chi connectivity index (χ3v) is 7.99. The van der Waals surface area contributed by atoms with Crippen molar-refractivity contribution >= 4 is 27.2 Å². The topological polar surface area (TPSA) is 71.1 Å². The minimum Gasteiger partial charge on any atom is -0.382 e. The summed E-state index contributed by atoms with van der Waals surface area (Å²) in [4.78, 5) is 5.03. The molecular formula is C21H26FN3O2S2. The molecule has 1 aliphatic carbocycles. The van der Waals surface area contributed by atoms with Crippen molar-refractivity contribution in [3.63, 3.8) is 0 Å². The van der Waals surface area contributed by atoms with Gasteiger partial charge in [-0.2, -0.15) is 0 Å². The zero-order valence-electron chi connectivity index (χ0n) is 16.6. The highest BCUT2D eigenvalue weighted by atomic mass is 32.2. The first-order valence-electron chi connectivity index (χ1n) is 9.72. The van der Waals surface area contributed by atoms with Gasteiger partial charge in [0.05, 0.1) is 15.3 Å². The van der Waals surface area contributed by atoms with Crippen LogP contribution in [0.4, 0.5) is 4.39 Å². The maximum Gasteiger partial charge on any atom is 0.240 e. The minimum absolute atomic E-state index is 0.0457. The van der Waals surface area contributed by atoms with E-state index in [0.29, 0.717) is 4.99 Å². The van der Waals surface area contributed by atoms with E-state index in [1.54, 1.807) is 13.2 Å². The fourth-order valence-electron chi connectivity index (χ4n) is 4.51. The Morgan fingerprint density at radius 3 is 2.62 bits per heavy atom. The van der Waals surface area contributed by atoms with Crippen molar-refractivity contribution in [3.8, 4) is 0 Å². The normalized spacial score (nSPS) is 23.3. The van der Waals surface area contributed by atoms with Crippen molar-refractivity contribution in [2.24, 2.45) is 5.92 Å². The standard InChI is InChI=1S/C21H26FN3O2S2/c1-15(25-29(26,27)18-10-8-17(22)9-11-18)19-7-3-4-12-21(19,20(28)23-2)16-6-5-13-24-14-16/h5-6,8-11,13-15,19,25H,3-4,7,12H2,1-2H3,(H,23,28)/t15?,19-,21-/m1/s1. The predicted octanol–water partition coefficient (Wildman–Crippen LogP) is 3.56. The molecule has 0 bridgehead atoms. The second-order valence-corrected chi connectivity index (χ2v) is 9.63. The largest absolute Gasteiger partial charge is 0.382 e. The van der Waals surface area contributed by atoms with Crippen LogP contribution in [0, 0.1) is 11.7 Å². The molecule has 1 unspecified atom stereocenters. The molecule has 0 saturated heterocycles. The molecule has 0 radical (unpaired) electrons. The van der Waals surface area contributed by atoms with Crippen LogP contribution in [0.25, 0.3) is 0 Å². The van der Waals surface area contributed by atoms with E-state index in [-0.39, 0.29) is 16.9 Å². The molecule has 1 aromatic carbocycles. The fourth-order valence-corrected chi connectivity index (χ4v) is 6.16. The van der Waals surface area contributed by atoms with Crippen LogP contribution in [-0.2, 0) is 15.4 Å². The van der Waals surface area contributed by atoms with E-state index in [9.17, 15) is 12.8 Å². The van der Waals surface area contributed by atoms with Crippen molar-refractivity contribution in [2.45, 2.75) is 49.0 Å². The lowest BCUT2D eigenvalue weighted by Gasteiger charge is -2.47. The highest BCUT2D eigenvalue weighted by Crippen LogP contribution is 2.46. The van der Waals surface area contributed by atoms with Gasteiger partial charge in [0.1, 0.15) is 5.82 Å². The van der Waals surface area contributed by atoms with E-state index in [1.165, 1.54) is 12.1 Å². The molecule has 1 aliphatic rings. The summed E-state index contributed by atoms with van der Waals surface area (Å²) in [6.07, 6.45) is 7.21. The van der Waals surface area contributed by atoms with Gasteiger partial charge in [0, 0.05) is 25.5 Å². The van der Waals surface area contributed by atoms with Gasteiger partial charge in [-0.3, -0.25) is 4.98 Å². The van der Waals surface area contributed by atoms with Crippen LogP contribution in [0.15, 0.2) is 53.7 Å². The molecule has 8 heteroatoms. The molecule has 5 nitrogen and oxygen atoms in total. The van der Waals surface area contributed by atoms with Gasteiger partial charge in [-0.15, -0.1) is 0 Å². The molecule has 3 atom stereocenters. The van der Waals surface area contributed by atoms with E-state index in [2.05, 4.69) is 15.0 Å². The molecular weight excluding hydrogens is 409 g/mol. The summed E-state index contributed by atoms with van der Waals surface area (Å²) in [6, 6.07) is 8.36. The second-order valence-electron chi connectivity index (χ2n) is 7.51. The molecule has 2 N–H and O–H groups in total. The molecule has 0 aliphatic heterocycles. The number of pyridine rings is 1. The van der Waals surface area contributed by atoms with Crippen molar-refractivity contribution in [3.05, 3.63) is 60.2 Å². The molecule has 29 heavy (non-hydrogen) atoms. The van der Waals surface area contributed by atoms with Crippen molar-refractivity contribution in [1.29, 1.82) is 0 Å². The van der Waals surface area contributed by atoms with Crippen molar-refractivity contribution < 1.29 is 12.8 Å². The summed E-state index contributed by atoms with van der Waals surface area (Å²) in [5.74, 6) is -0.519. The van der Waals surface area contributed by atoms with Gasteiger partial charge in [0.15, 0.2) is 0 Å². The van der Waals surface area contributed by atoms with Gasteiger partial charge in [-0.25, -0.2) is 17.5 Å². The van der Waals surface area contributed by atoms with Gasteiger partial charge < -0.3 is 5.32 Å². The van der Waals surface area contributed by atoms with E-state index >= 15 is 0 Å². The molecule has 1 aromatic heterocycles. The summed E-state index contributed by atoms with van der Waals surface area (Å²) in [5, 5.41) is 3.14. The SMILES string of the molecule is CNC(=S)[C@@]1(c2cccnc2)CCCC[C@@H]1C(C)NS(=O)(=O)c1ccc(F)cc1.